The third kappa shape index (κ3) is 3.65. The predicted octanol–water partition coefficient (Wildman–Crippen LogP) is 3.93. The molecular formula is C24H18N4O3S. The van der Waals surface area contributed by atoms with Crippen LogP contribution in [0.5, 0.6) is 0 Å². The maximum Gasteiger partial charge on any atom is 0.233 e. The molecule has 0 saturated heterocycles. The van der Waals surface area contributed by atoms with Gasteiger partial charge in [0.25, 0.3) is 0 Å². The number of pyridine rings is 1. The highest BCUT2D eigenvalue weighted by atomic mass is 32.2. The molecule has 0 N–H and O–H groups in total. The van der Waals surface area contributed by atoms with Crippen LogP contribution in [-0.2, 0) is 16.3 Å². The molecule has 8 heteroatoms. The Morgan fingerprint density at radius 1 is 0.906 bits per heavy atom. The Hall–Kier alpha value is -3.91. The van der Waals surface area contributed by atoms with E-state index in [9.17, 15) is 13.2 Å². The van der Waals surface area contributed by atoms with Crippen LogP contribution in [-0.4, -0.2) is 33.6 Å². The third-order valence-electron chi connectivity index (χ3n) is 5.33. The zero-order valence-electron chi connectivity index (χ0n) is 16.9. The smallest absolute Gasteiger partial charge is 0.233 e. The standard InChI is InChI=1S/C24H18N4O3S/c29-21(19-15-27-24-26-13-14-28(24)16-19)11-8-17-6-9-20(10-7-17)32(30,31)22-5-1-3-18-4-2-12-25-23(18)22/h1-7,9-10,12-16H,8,11H2. The van der Waals surface area contributed by atoms with E-state index in [1.165, 1.54) is 6.20 Å². The monoisotopic (exact) mass is 442 g/mol. The molecule has 2 aromatic carbocycles. The molecule has 0 aliphatic carbocycles. The average molecular weight is 443 g/mol. The second kappa shape index (κ2) is 7.97. The third-order valence-corrected chi connectivity index (χ3v) is 7.13. The van der Waals surface area contributed by atoms with Crippen LogP contribution < -0.4 is 0 Å². The van der Waals surface area contributed by atoms with Crippen molar-refractivity contribution in [2.45, 2.75) is 22.6 Å². The topological polar surface area (TPSA) is 94.3 Å². The van der Waals surface area contributed by atoms with E-state index < -0.39 is 9.84 Å². The Labute approximate surface area is 184 Å². The zero-order chi connectivity index (χ0) is 22.1. The number of sulfone groups is 1. The SMILES string of the molecule is O=C(CCc1ccc(S(=O)(=O)c2cccc3cccnc23)cc1)c1cnc2nccn2c1. The molecule has 0 saturated carbocycles. The number of ketones is 1. The molecule has 0 aliphatic heterocycles. The first-order valence-electron chi connectivity index (χ1n) is 10.0. The minimum atomic E-state index is -3.72. The summed E-state index contributed by atoms with van der Waals surface area (Å²) < 4.78 is 28.1. The predicted molar refractivity (Wildman–Crippen MR) is 119 cm³/mol. The molecule has 0 bridgehead atoms. The minimum absolute atomic E-state index is 0.0355. The molecular weight excluding hydrogens is 424 g/mol. The molecule has 0 unspecified atom stereocenters. The highest BCUT2D eigenvalue weighted by molar-refractivity contribution is 7.91. The van der Waals surface area contributed by atoms with Crippen LogP contribution in [0.3, 0.4) is 0 Å². The molecule has 0 aliphatic rings. The number of nitrogens with zero attached hydrogens (tertiary/aromatic N) is 4. The Morgan fingerprint density at radius 2 is 1.72 bits per heavy atom. The molecule has 3 aromatic heterocycles. The second-order valence-corrected chi connectivity index (χ2v) is 9.30. The van der Waals surface area contributed by atoms with E-state index in [2.05, 4.69) is 15.0 Å². The molecule has 0 fully saturated rings. The van der Waals surface area contributed by atoms with Gasteiger partial charge in [-0.15, -0.1) is 0 Å². The van der Waals surface area contributed by atoms with Gasteiger partial charge in [-0.3, -0.25) is 14.2 Å². The van der Waals surface area contributed by atoms with Gasteiger partial charge in [0.1, 0.15) is 0 Å². The maximum atomic E-state index is 13.2. The molecule has 32 heavy (non-hydrogen) atoms. The van der Waals surface area contributed by atoms with Crippen LogP contribution in [0.25, 0.3) is 16.7 Å². The summed E-state index contributed by atoms with van der Waals surface area (Å²) in [5.74, 6) is 0.506. The van der Waals surface area contributed by atoms with Gasteiger partial charge in [-0.2, -0.15) is 0 Å². The Morgan fingerprint density at radius 3 is 2.56 bits per heavy atom. The number of aromatic nitrogens is 4. The number of Topliss-reactive ketones (excluding diaryl/α,β-unsaturated/α-hetero) is 1. The summed E-state index contributed by atoms with van der Waals surface area (Å²) in [7, 11) is -3.72. The number of carbonyl (C=O) groups excluding carboxylic acids is 1. The van der Waals surface area contributed by atoms with Crippen molar-refractivity contribution in [3.63, 3.8) is 0 Å². The van der Waals surface area contributed by atoms with E-state index in [1.807, 2.05) is 12.1 Å². The van der Waals surface area contributed by atoms with Crippen LogP contribution in [0.1, 0.15) is 22.3 Å². The summed E-state index contributed by atoms with van der Waals surface area (Å²) in [5.41, 5.74) is 1.84. The average Bonchev–Trinajstić information content (AvgIpc) is 3.30. The van der Waals surface area contributed by atoms with Crippen molar-refractivity contribution in [1.82, 2.24) is 19.4 Å². The van der Waals surface area contributed by atoms with Crippen LogP contribution in [0, 0.1) is 0 Å². The van der Waals surface area contributed by atoms with Crippen molar-refractivity contribution in [2.75, 3.05) is 0 Å². The van der Waals surface area contributed by atoms with Crippen molar-refractivity contribution in [3.8, 4) is 0 Å². The van der Waals surface area contributed by atoms with E-state index in [0.29, 0.717) is 29.7 Å². The molecule has 7 nitrogen and oxygen atoms in total. The van der Waals surface area contributed by atoms with Crippen molar-refractivity contribution in [1.29, 1.82) is 0 Å². The summed E-state index contributed by atoms with van der Waals surface area (Å²) >= 11 is 0. The van der Waals surface area contributed by atoms with E-state index in [1.54, 1.807) is 71.7 Å². The number of fused-ring (bicyclic) bond motifs is 2. The summed E-state index contributed by atoms with van der Waals surface area (Å²) in [5, 5.41) is 0.770. The Kier molecular flexibility index (Phi) is 4.99. The van der Waals surface area contributed by atoms with Gasteiger partial charge in [0.15, 0.2) is 5.78 Å². The van der Waals surface area contributed by atoms with Gasteiger partial charge in [-0.05, 0) is 36.2 Å². The number of imidazole rings is 1. The molecule has 0 amide bonds. The lowest BCUT2D eigenvalue weighted by atomic mass is 10.0. The van der Waals surface area contributed by atoms with E-state index >= 15 is 0 Å². The maximum absolute atomic E-state index is 13.2. The lowest BCUT2D eigenvalue weighted by molar-refractivity contribution is 0.0982. The highest BCUT2D eigenvalue weighted by Crippen LogP contribution is 2.27. The van der Waals surface area contributed by atoms with Crippen LogP contribution in [0.2, 0.25) is 0 Å². The fraction of sp³-hybridized carbons (Fsp3) is 0.0833. The summed E-state index contributed by atoms with van der Waals surface area (Å²) in [6.45, 7) is 0. The lowest BCUT2D eigenvalue weighted by Gasteiger charge is -2.08. The zero-order valence-corrected chi connectivity index (χ0v) is 17.7. The van der Waals surface area contributed by atoms with Gasteiger partial charge in [0.2, 0.25) is 15.6 Å². The summed E-state index contributed by atoms with van der Waals surface area (Å²) in [4.78, 5) is 25.4. The first-order chi connectivity index (χ1) is 15.5. The first kappa shape index (κ1) is 20.0. The molecule has 0 atom stereocenters. The number of hydrogen-bond donors (Lipinski definition) is 0. The fourth-order valence-electron chi connectivity index (χ4n) is 3.62. The number of rotatable bonds is 6. The van der Waals surface area contributed by atoms with E-state index in [-0.39, 0.29) is 15.6 Å². The van der Waals surface area contributed by atoms with Gasteiger partial charge < -0.3 is 0 Å². The largest absolute Gasteiger partial charge is 0.294 e. The lowest BCUT2D eigenvalue weighted by Crippen LogP contribution is -2.05. The van der Waals surface area contributed by atoms with Crippen molar-refractivity contribution < 1.29 is 13.2 Å². The first-order valence-corrected chi connectivity index (χ1v) is 11.5. The van der Waals surface area contributed by atoms with Crippen LogP contribution in [0.4, 0.5) is 0 Å². The highest BCUT2D eigenvalue weighted by Gasteiger charge is 2.21. The van der Waals surface area contributed by atoms with Crippen LogP contribution in [0.15, 0.2) is 95.4 Å². The van der Waals surface area contributed by atoms with Crippen LogP contribution >= 0.6 is 0 Å². The fourth-order valence-corrected chi connectivity index (χ4v) is 5.05. The van der Waals surface area contributed by atoms with Gasteiger partial charge in [-0.25, -0.2) is 18.4 Å². The van der Waals surface area contributed by atoms with Gasteiger partial charge in [0, 0.05) is 42.8 Å². The van der Waals surface area contributed by atoms with E-state index in [0.717, 1.165) is 10.9 Å². The van der Waals surface area contributed by atoms with Gasteiger partial charge in [-0.1, -0.05) is 30.3 Å². The van der Waals surface area contributed by atoms with Crippen molar-refractivity contribution in [2.24, 2.45) is 0 Å². The van der Waals surface area contributed by atoms with Gasteiger partial charge in [0.05, 0.1) is 20.9 Å². The number of para-hydroxylation sites is 1. The summed E-state index contributed by atoms with van der Waals surface area (Å²) in [6, 6.07) is 15.4. The quantitative estimate of drug-likeness (QED) is 0.370. The molecule has 5 aromatic rings. The molecule has 5 rings (SSSR count). The van der Waals surface area contributed by atoms with Crippen molar-refractivity contribution >= 4 is 32.3 Å². The van der Waals surface area contributed by atoms with E-state index in [4.69, 9.17) is 0 Å². The number of hydrogen-bond acceptors (Lipinski definition) is 6. The number of aryl methyl sites for hydroxylation is 1. The normalized spacial score (nSPS) is 11.8. The molecule has 0 spiro atoms. The molecule has 3 heterocycles. The number of benzene rings is 2. The summed E-state index contributed by atoms with van der Waals surface area (Å²) in [6.07, 6.45) is 8.98. The second-order valence-electron chi connectivity index (χ2n) is 7.38. The molecule has 158 valence electrons. The van der Waals surface area contributed by atoms with Gasteiger partial charge >= 0.3 is 0 Å². The molecule has 0 radical (unpaired) electrons. The Bertz CT molecular complexity index is 1550. The Balaban J connectivity index is 1.34. The number of carbonyl (C=O) groups is 1. The minimum Gasteiger partial charge on any atom is -0.294 e. The van der Waals surface area contributed by atoms with Crippen molar-refractivity contribution in [3.05, 3.63) is 96.7 Å².